The number of carbonyl (C=O) groups is 1. The summed E-state index contributed by atoms with van der Waals surface area (Å²) in [4.78, 5) is 16.6. The first-order chi connectivity index (χ1) is 15.4. The molecule has 0 atom stereocenters. The van der Waals surface area contributed by atoms with Crippen molar-refractivity contribution in [1.82, 2.24) is 9.80 Å². The van der Waals surface area contributed by atoms with Gasteiger partial charge in [0, 0.05) is 38.8 Å². The molecule has 172 valence electrons. The fraction of sp³-hybridized carbons (Fsp3) is 0.375. The van der Waals surface area contributed by atoms with E-state index in [0.717, 1.165) is 24.2 Å². The zero-order valence-electron chi connectivity index (χ0n) is 18.6. The Morgan fingerprint density at radius 2 is 1.84 bits per heavy atom. The van der Waals surface area contributed by atoms with Gasteiger partial charge in [0.15, 0.2) is 23.1 Å². The van der Waals surface area contributed by atoms with Gasteiger partial charge in [-0.3, -0.25) is 9.69 Å². The molecule has 32 heavy (non-hydrogen) atoms. The summed E-state index contributed by atoms with van der Waals surface area (Å²) in [5.74, 6) is 0.825. The van der Waals surface area contributed by atoms with Crippen LogP contribution < -0.4 is 14.2 Å². The lowest BCUT2D eigenvalue weighted by Gasteiger charge is -2.34. The van der Waals surface area contributed by atoms with Crippen LogP contribution in [0.5, 0.6) is 17.2 Å². The summed E-state index contributed by atoms with van der Waals surface area (Å²) in [7, 11) is 2.98. The van der Waals surface area contributed by atoms with E-state index in [0.29, 0.717) is 42.8 Å². The minimum absolute atomic E-state index is 0.0648. The van der Waals surface area contributed by atoms with Crippen molar-refractivity contribution in [2.75, 3.05) is 47.0 Å². The molecule has 1 aliphatic rings. The molecule has 6 nitrogen and oxygen atoms in total. The zero-order valence-corrected chi connectivity index (χ0v) is 19.3. The van der Waals surface area contributed by atoms with Gasteiger partial charge in [-0.1, -0.05) is 17.7 Å². The van der Waals surface area contributed by atoms with Crippen LogP contribution in [0.15, 0.2) is 36.4 Å². The Kier molecular flexibility index (Phi) is 8.36. The average molecular weight is 463 g/mol. The number of ether oxygens (including phenoxy) is 3. The lowest BCUT2D eigenvalue weighted by atomic mass is 10.1. The maximum atomic E-state index is 13.9. The normalized spacial score (nSPS) is 14.6. The van der Waals surface area contributed by atoms with E-state index in [-0.39, 0.29) is 17.5 Å². The van der Waals surface area contributed by atoms with Crippen LogP contribution in [-0.2, 0) is 11.3 Å². The molecule has 1 fully saturated rings. The molecule has 0 aliphatic carbocycles. The monoisotopic (exact) mass is 462 g/mol. The number of amides is 1. The Hall–Kier alpha value is -2.77. The number of hydrogen-bond acceptors (Lipinski definition) is 5. The summed E-state index contributed by atoms with van der Waals surface area (Å²) in [6.07, 6.45) is 3.27. The molecule has 3 rings (SSSR count). The second kappa shape index (κ2) is 11.2. The first kappa shape index (κ1) is 23.9. The van der Waals surface area contributed by atoms with Crippen molar-refractivity contribution in [3.63, 3.8) is 0 Å². The van der Waals surface area contributed by atoms with Crippen molar-refractivity contribution in [3.05, 3.63) is 58.4 Å². The molecule has 0 aromatic heterocycles. The Balaban J connectivity index is 1.56. The molecule has 1 heterocycles. The van der Waals surface area contributed by atoms with E-state index < -0.39 is 0 Å². The molecule has 0 radical (unpaired) electrons. The van der Waals surface area contributed by atoms with Gasteiger partial charge in [0.1, 0.15) is 0 Å². The molecule has 0 spiro atoms. The smallest absolute Gasteiger partial charge is 0.246 e. The molecule has 1 amide bonds. The molecule has 0 saturated carbocycles. The third-order valence-corrected chi connectivity index (χ3v) is 5.54. The van der Waals surface area contributed by atoms with Crippen LogP contribution in [0.4, 0.5) is 4.39 Å². The molecule has 0 N–H and O–H groups in total. The molecule has 1 aliphatic heterocycles. The van der Waals surface area contributed by atoms with E-state index in [1.807, 2.05) is 13.0 Å². The SMILES string of the molecule is CCOc1cc(/C=C/C(=O)N2CCN(Cc3ccc(OC)c(F)c3)CC2)cc(Cl)c1OC. The Labute approximate surface area is 193 Å². The van der Waals surface area contributed by atoms with Crippen LogP contribution in [0.1, 0.15) is 18.1 Å². The van der Waals surface area contributed by atoms with Gasteiger partial charge >= 0.3 is 0 Å². The fourth-order valence-corrected chi connectivity index (χ4v) is 3.91. The van der Waals surface area contributed by atoms with Crippen LogP contribution >= 0.6 is 11.6 Å². The van der Waals surface area contributed by atoms with E-state index in [9.17, 15) is 9.18 Å². The van der Waals surface area contributed by atoms with E-state index in [1.54, 1.807) is 35.3 Å². The molecular weight excluding hydrogens is 435 g/mol. The molecule has 1 saturated heterocycles. The Morgan fingerprint density at radius 1 is 1.09 bits per heavy atom. The molecule has 2 aromatic carbocycles. The largest absolute Gasteiger partial charge is 0.494 e. The lowest BCUT2D eigenvalue weighted by molar-refractivity contribution is -0.127. The highest BCUT2D eigenvalue weighted by molar-refractivity contribution is 6.32. The highest BCUT2D eigenvalue weighted by atomic mass is 35.5. The van der Waals surface area contributed by atoms with Gasteiger partial charge in [0.2, 0.25) is 5.91 Å². The zero-order chi connectivity index (χ0) is 23.1. The van der Waals surface area contributed by atoms with Crippen molar-refractivity contribution in [1.29, 1.82) is 0 Å². The topological polar surface area (TPSA) is 51.2 Å². The fourth-order valence-electron chi connectivity index (χ4n) is 3.61. The molecule has 0 unspecified atom stereocenters. The van der Waals surface area contributed by atoms with Crippen LogP contribution in [0, 0.1) is 5.82 Å². The molecule has 2 aromatic rings. The summed E-state index contributed by atoms with van der Waals surface area (Å²) in [5, 5.41) is 0.425. The molecule has 0 bridgehead atoms. The summed E-state index contributed by atoms with van der Waals surface area (Å²) in [6, 6.07) is 8.52. The predicted octanol–water partition coefficient (Wildman–Crippen LogP) is 4.25. The summed E-state index contributed by atoms with van der Waals surface area (Å²) >= 11 is 6.27. The van der Waals surface area contributed by atoms with E-state index in [4.69, 9.17) is 25.8 Å². The van der Waals surface area contributed by atoms with E-state index in [1.165, 1.54) is 20.3 Å². The van der Waals surface area contributed by atoms with E-state index >= 15 is 0 Å². The van der Waals surface area contributed by atoms with Crippen LogP contribution in [-0.4, -0.2) is 62.7 Å². The lowest BCUT2D eigenvalue weighted by Crippen LogP contribution is -2.47. The standard InChI is InChI=1S/C24H28ClFN2O4/c1-4-32-22-15-17(13-19(25)24(22)31-3)6-8-23(29)28-11-9-27(10-12-28)16-18-5-7-21(30-2)20(26)14-18/h5-8,13-15H,4,9-12,16H2,1-3H3/b8-6+. The van der Waals surface area contributed by atoms with Gasteiger partial charge in [0.05, 0.1) is 25.8 Å². The van der Waals surface area contributed by atoms with Crippen LogP contribution in [0.2, 0.25) is 5.02 Å². The van der Waals surface area contributed by atoms with Gasteiger partial charge in [-0.15, -0.1) is 0 Å². The third kappa shape index (κ3) is 5.93. The number of halogens is 2. The minimum Gasteiger partial charge on any atom is -0.494 e. The number of benzene rings is 2. The highest BCUT2D eigenvalue weighted by Crippen LogP contribution is 2.36. The number of piperazine rings is 1. The van der Waals surface area contributed by atoms with Crippen LogP contribution in [0.3, 0.4) is 0 Å². The number of nitrogens with zero attached hydrogens (tertiary/aromatic N) is 2. The van der Waals surface area contributed by atoms with Gasteiger partial charge in [0.25, 0.3) is 0 Å². The number of carbonyl (C=O) groups excluding carboxylic acids is 1. The van der Waals surface area contributed by atoms with Crippen molar-refractivity contribution < 1.29 is 23.4 Å². The van der Waals surface area contributed by atoms with Crippen LogP contribution in [0.25, 0.3) is 6.08 Å². The summed E-state index contributed by atoms with van der Waals surface area (Å²) in [5.41, 5.74) is 1.64. The van der Waals surface area contributed by atoms with Gasteiger partial charge in [-0.05, 0) is 48.4 Å². The molecular formula is C24H28ClFN2O4. The Morgan fingerprint density at radius 3 is 2.47 bits per heavy atom. The number of rotatable bonds is 8. The second-order valence-corrected chi connectivity index (χ2v) is 7.78. The second-order valence-electron chi connectivity index (χ2n) is 7.37. The average Bonchev–Trinajstić information content (AvgIpc) is 2.78. The summed E-state index contributed by atoms with van der Waals surface area (Å²) in [6.45, 7) is 5.64. The van der Waals surface area contributed by atoms with Gasteiger partial charge in [-0.2, -0.15) is 0 Å². The number of methoxy groups -OCH3 is 2. The van der Waals surface area contributed by atoms with Crippen molar-refractivity contribution in [3.8, 4) is 17.2 Å². The maximum Gasteiger partial charge on any atom is 0.246 e. The maximum absolute atomic E-state index is 13.9. The van der Waals surface area contributed by atoms with Crippen molar-refractivity contribution in [2.45, 2.75) is 13.5 Å². The quantitative estimate of drug-likeness (QED) is 0.549. The number of hydrogen-bond donors (Lipinski definition) is 0. The Bertz CT molecular complexity index is 975. The van der Waals surface area contributed by atoms with Crippen molar-refractivity contribution >= 4 is 23.6 Å². The van der Waals surface area contributed by atoms with Gasteiger partial charge in [-0.25, -0.2) is 4.39 Å². The van der Waals surface area contributed by atoms with Crippen molar-refractivity contribution in [2.24, 2.45) is 0 Å². The first-order valence-electron chi connectivity index (χ1n) is 10.5. The predicted molar refractivity (Wildman–Crippen MR) is 123 cm³/mol. The summed E-state index contributed by atoms with van der Waals surface area (Å²) < 4.78 is 29.7. The highest BCUT2D eigenvalue weighted by Gasteiger charge is 2.20. The van der Waals surface area contributed by atoms with Gasteiger partial charge < -0.3 is 19.1 Å². The first-order valence-corrected chi connectivity index (χ1v) is 10.8. The third-order valence-electron chi connectivity index (χ3n) is 5.26. The van der Waals surface area contributed by atoms with E-state index in [2.05, 4.69) is 4.90 Å². The molecule has 8 heteroatoms. The minimum atomic E-state index is -0.366.